The summed E-state index contributed by atoms with van der Waals surface area (Å²) in [7, 11) is 0. The van der Waals surface area contributed by atoms with Gasteiger partial charge in [-0.3, -0.25) is 9.59 Å². The highest BCUT2D eigenvalue weighted by atomic mass is 35.5. The van der Waals surface area contributed by atoms with E-state index in [-0.39, 0.29) is 23.2 Å². The van der Waals surface area contributed by atoms with Gasteiger partial charge in [-0.15, -0.1) is 0 Å². The molecule has 2 saturated heterocycles. The molecule has 2 aliphatic rings. The summed E-state index contributed by atoms with van der Waals surface area (Å²) in [5, 5.41) is 0.501. The molecule has 0 aromatic carbocycles. The molecule has 23 heavy (non-hydrogen) atoms. The Hall–Kier alpha value is -1.60. The number of hydrogen-bond donors (Lipinski definition) is 1. The monoisotopic (exact) mass is 357 g/mol. The predicted octanol–water partition coefficient (Wildman–Crippen LogP) is 0.944. The van der Waals surface area contributed by atoms with Crippen molar-refractivity contribution < 1.29 is 9.59 Å². The van der Waals surface area contributed by atoms with Crippen molar-refractivity contribution in [1.82, 2.24) is 14.9 Å². The van der Waals surface area contributed by atoms with Crippen molar-refractivity contribution in [3.8, 4) is 0 Å². The number of nitrogens with zero attached hydrogens (tertiary/aromatic N) is 4. The van der Waals surface area contributed by atoms with Gasteiger partial charge in [0.25, 0.3) is 0 Å². The minimum absolute atomic E-state index is 0.0515. The largest absolute Gasteiger partial charge is 0.368 e. The number of aromatic nitrogens is 2. The normalized spacial score (nSPS) is 30.0. The number of carbonyl (C=O) groups is 2. The molecule has 7 nitrogen and oxygen atoms in total. The summed E-state index contributed by atoms with van der Waals surface area (Å²) in [6.07, 6.45) is 1.45. The fraction of sp³-hybridized carbons (Fsp3) is 0.571. The first-order chi connectivity index (χ1) is 10.7. The molecule has 0 saturated carbocycles. The van der Waals surface area contributed by atoms with Gasteiger partial charge >= 0.3 is 0 Å². The third-order valence-electron chi connectivity index (χ3n) is 5.02. The van der Waals surface area contributed by atoms with Crippen LogP contribution in [0.15, 0.2) is 6.20 Å². The van der Waals surface area contributed by atoms with Crippen molar-refractivity contribution in [1.29, 1.82) is 0 Å². The molecule has 3 heterocycles. The van der Waals surface area contributed by atoms with E-state index in [1.165, 1.54) is 11.1 Å². The lowest BCUT2D eigenvalue weighted by molar-refractivity contribution is -0.138. The number of anilines is 1. The van der Waals surface area contributed by atoms with Crippen LogP contribution in [0.2, 0.25) is 10.3 Å². The van der Waals surface area contributed by atoms with E-state index in [9.17, 15) is 9.59 Å². The fourth-order valence-electron chi connectivity index (χ4n) is 3.64. The van der Waals surface area contributed by atoms with Gasteiger partial charge < -0.3 is 15.5 Å². The molecule has 2 amide bonds. The Kier molecular flexibility index (Phi) is 3.68. The highest BCUT2D eigenvalue weighted by Gasteiger charge is 2.63. The molecule has 1 unspecified atom stereocenters. The third-order valence-corrected chi connectivity index (χ3v) is 5.47. The summed E-state index contributed by atoms with van der Waals surface area (Å²) >= 11 is 12.0. The Labute approximate surface area is 143 Å². The number of rotatable bonds is 3. The van der Waals surface area contributed by atoms with Crippen LogP contribution in [0, 0.1) is 10.8 Å². The van der Waals surface area contributed by atoms with Crippen LogP contribution in [0.4, 0.5) is 5.82 Å². The first kappa shape index (κ1) is 16.3. The minimum atomic E-state index is -0.636. The number of likely N-dealkylation sites (tertiary alicyclic amines) is 1. The number of primary amides is 1. The smallest absolute Gasteiger partial charge is 0.237 e. The van der Waals surface area contributed by atoms with Crippen molar-refractivity contribution in [3.63, 3.8) is 0 Å². The van der Waals surface area contributed by atoms with Gasteiger partial charge in [0.15, 0.2) is 5.82 Å². The zero-order chi connectivity index (χ0) is 17.0. The number of nitrogens with two attached hydrogens (primary N) is 1. The molecule has 2 N–H and O–H groups in total. The van der Waals surface area contributed by atoms with E-state index in [0.29, 0.717) is 30.5 Å². The van der Waals surface area contributed by atoms with E-state index in [1.54, 1.807) is 0 Å². The summed E-state index contributed by atoms with van der Waals surface area (Å²) in [4.78, 5) is 35.5. The van der Waals surface area contributed by atoms with Crippen molar-refractivity contribution in [2.75, 3.05) is 31.1 Å². The van der Waals surface area contributed by atoms with Crippen molar-refractivity contribution in [2.24, 2.45) is 16.6 Å². The SMILES string of the molecule is CC12CN(CC(N)=O)C(=O)[C@@]1(C)CN(c1nc(Cl)ncc1Cl)C2. The van der Waals surface area contributed by atoms with Gasteiger partial charge in [0.2, 0.25) is 17.1 Å². The lowest BCUT2D eigenvalue weighted by atomic mass is 9.70. The molecule has 124 valence electrons. The van der Waals surface area contributed by atoms with Gasteiger partial charge in [0.05, 0.1) is 18.2 Å². The number of amides is 2. The third kappa shape index (κ3) is 2.42. The second-order valence-corrected chi connectivity index (χ2v) is 7.43. The average Bonchev–Trinajstić information content (AvgIpc) is 2.80. The molecule has 9 heteroatoms. The molecular weight excluding hydrogens is 341 g/mol. The van der Waals surface area contributed by atoms with Gasteiger partial charge in [-0.05, 0) is 18.5 Å². The zero-order valence-corrected chi connectivity index (χ0v) is 14.4. The van der Waals surface area contributed by atoms with E-state index >= 15 is 0 Å². The Morgan fingerprint density at radius 2 is 2.04 bits per heavy atom. The van der Waals surface area contributed by atoms with E-state index in [4.69, 9.17) is 28.9 Å². The predicted molar refractivity (Wildman–Crippen MR) is 86.3 cm³/mol. The van der Waals surface area contributed by atoms with Crippen LogP contribution in [-0.4, -0.2) is 52.9 Å². The van der Waals surface area contributed by atoms with Crippen LogP contribution in [-0.2, 0) is 9.59 Å². The zero-order valence-electron chi connectivity index (χ0n) is 12.8. The summed E-state index contributed by atoms with van der Waals surface area (Å²) in [5.41, 5.74) is 4.26. The van der Waals surface area contributed by atoms with E-state index < -0.39 is 11.3 Å². The standard InChI is InChI=1S/C14H17Cl2N5O2/c1-13-5-20(4-9(17)22)11(23)14(13,2)7-21(6-13)10-8(15)3-18-12(16)19-10/h3H,4-7H2,1-2H3,(H2,17,22)/t13?,14-/m1/s1. The maximum atomic E-state index is 12.8. The van der Waals surface area contributed by atoms with Crippen LogP contribution in [0.25, 0.3) is 0 Å². The van der Waals surface area contributed by atoms with Gasteiger partial charge in [-0.1, -0.05) is 18.5 Å². The van der Waals surface area contributed by atoms with Crippen LogP contribution in [0.1, 0.15) is 13.8 Å². The molecule has 3 rings (SSSR count). The molecule has 0 radical (unpaired) electrons. The molecule has 0 aliphatic carbocycles. The molecule has 0 bridgehead atoms. The van der Waals surface area contributed by atoms with E-state index in [0.717, 1.165) is 0 Å². The summed E-state index contributed by atoms with van der Waals surface area (Å²) in [5.74, 6) is -0.0525. The molecule has 2 aliphatic heterocycles. The second-order valence-electron chi connectivity index (χ2n) is 6.69. The Bertz CT molecular complexity index is 700. The number of hydrogen-bond acceptors (Lipinski definition) is 5. The highest BCUT2D eigenvalue weighted by Crippen LogP contribution is 2.53. The number of fused-ring (bicyclic) bond motifs is 1. The number of halogens is 2. The maximum Gasteiger partial charge on any atom is 0.237 e. The second kappa shape index (κ2) is 5.21. The summed E-state index contributed by atoms with van der Waals surface area (Å²) < 4.78 is 0. The van der Waals surface area contributed by atoms with Crippen molar-refractivity contribution >= 4 is 40.8 Å². The summed E-state index contributed by atoms with van der Waals surface area (Å²) in [6, 6.07) is 0. The van der Waals surface area contributed by atoms with Crippen molar-refractivity contribution in [2.45, 2.75) is 13.8 Å². The van der Waals surface area contributed by atoms with Crippen LogP contribution in [0.3, 0.4) is 0 Å². The lowest BCUT2D eigenvalue weighted by Gasteiger charge is -2.28. The fourth-order valence-corrected chi connectivity index (χ4v) is 3.98. The average molecular weight is 358 g/mol. The molecule has 1 aromatic rings. The molecule has 0 spiro atoms. The quantitative estimate of drug-likeness (QED) is 0.812. The van der Waals surface area contributed by atoms with Gasteiger partial charge in [0, 0.05) is 25.0 Å². The van der Waals surface area contributed by atoms with Crippen LogP contribution >= 0.6 is 23.2 Å². The molecule has 2 atom stereocenters. The lowest BCUT2D eigenvalue weighted by Crippen LogP contribution is -2.41. The van der Waals surface area contributed by atoms with Crippen LogP contribution in [0.5, 0.6) is 0 Å². The molecular formula is C14H17Cl2N5O2. The van der Waals surface area contributed by atoms with Gasteiger partial charge in [-0.25, -0.2) is 4.98 Å². The summed E-state index contributed by atoms with van der Waals surface area (Å²) in [6.45, 7) is 5.39. The Morgan fingerprint density at radius 3 is 2.65 bits per heavy atom. The first-order valence-electron chi connectivity index (χ1n) is 7.17. The Morgan fingerprint density at radius 1 is 1.35 bits per heavy atom. The first-order valence-corrected chi connectivity index (χ1v) is 7.92. The van der Waals surface area contributed by atoms with Crippen molar-refractivity contribution in [3.05, 3.63) is 16.5 Å². The topological polar surface area (TPSA) is 92.4 Å². The van der Waals surface area contributed by atoms with Crippen LogP contribution < -0.4 is 10.6 Å². The highest BCUT2D eigenvalue weighted by molar-refractivity contribution is 6.33. The Balaban J connectivity index is 1.91. The number of carbonyl (C=O) groups excluding carboxylic acids is 2. The van der Waals surface area contributed by atoms with Gasteiger partial charge in [-0.2, -0.15) is 4.98 Å². The van der Waals surface area contributed by atoms with E-state index in [2.05, 4.69) is 9.97 Å². The molecule has 2 fully saturated rings. The minimum Gasteiger partial charge on any atom is -0.368 e. The maximum absolute atomic E-state index is 12.8. The molecule has 1 aromatic heterocycles. The van der Waals surface area contributed by atoms with Gasteiger partial charge in [0.1, 0.15) is 5.02 Å². The van der Waals surface area contributed by atoms with E-state index in [1.807, 2.05) is 18.7 Å².